The third-order valence-corrected chi connectivity index (χ3v) is 2.99. The van der Waals surface area contributed by atoms with Crippen molar-refractivity contribution in [2.75, 3.05) is 13.1 Å². The van der Waals surface area contributed by atoms with Crippen molar-refractivity contribution in [1.29, 1.82) is 0 Å². The molecule has 0 radical (unpaired) electrons. The Bertz CT molecular complexity index is 437. The Morgan fingerprint density at radius 1 is 1.41 bits per heavy atom. The molecule has 5 heteroatoms. The summed E-state index contributed by atoms with van der Waals surface area (Å²) in [4.78, 5) is 11.1. The highest BCUT2D eigenvalue weighted by Gasteiger charge is 2.31. The minimum absolute atomic E-state index is 0.274. The van der Waals surface area contributed by atoms with Crippen molar-refractivity contribution in [3.8, 4) is 0 Å². The van der Waals surface area contributed by atoms with Crippen LogP contribution in [0.5, 0.6) is 0 Å². The number of nitrogens with one attached hydrogen (secondary N) is 2. The third-order valence-electron chi connectivity index (χ3n) is 2.99. The van der Waals surface area contributed by atoms with Crippen LogP contribution in [-0.4, -0.2) is 30.2 Å². The fourth-order valence-electron chi connectivity index (χ4n) is 2.09. The Balaban J connectivity index is 2.29. The van der Waals surface area contributed by atoms with Crippen LogP contribution in [0, 0.1) is 12.7 Å². The van der Waals surface area contributed by atoms with Gasteiger partial charge in [0.15, 0.2) is 0 Å². The molecule has 1 aromatic rings. The summed E-state index contributed by atoms with van der Waals surface area (Å²) in [5.74, 6) is -1.17. The number of aliphatic carboxylic acids is 1. The zero-order valence-corrected chi connectivity index (χ0v) is 9.53. The second-order valence-corrected chi connectivity index (χ2v) is 4.21. The lowest BCUT2D eigenvalue weighted by atomic mass is 9.96. The van der Waals surface area contributed by atoms with E-state index in [9.17, 15) is 9.18 Å². The Morgan fingerprint density at radius 2 is 2.12 bits per heavy atom. The summed E-state index contributed by atoms with van der Waals surface area (Å²) in [6.07, 6.45) is 0. The van der Waals surface area contributed by atoms with E-state index in [4.69, 9.17) is 5.11 Å². The summed E-state index contributed by atoms with van der Waals surface area (Å²) in [6.45, 7) is 2.99. The predicted molar refractivity (Wildman–Crippen MR) is 61.3 cm³/mol. The highest BCUT2D eigenvalue weighted by atomic mass is 19.1. The first kappa shape index (κ1) is 12.0. The smallest absolute Gasteiger partial charge is 0.322 e. The molecule has 0 aromatic heterocycles. The number of carboxylic acid groups (broad SMARTS) is 1. The van der Waals surface area contributed by atoms with E-state index in [1.165, 1.54) is 6.07 Å². The van der Waals surface area contributed by atoms with Gasteiger partial charge in [-0.3, -0.25) is 4.79 Å². The third kappa shape index (κ3) is 2.45. The van der Waals surface area contributed by atoms with Crippen LogP contribution in [0.3, 0.4) is 0 Å². The largest absolute Gasteiger partial charge is 0.480 e. The van der Waals surface area contributed by atoms with Gasteiger partial charge in [-0.2, -0.15) is 0 Å². The fraction of sp³-hybridized carbons (Fsp3) is 0.417. The molecule has 17 heavy (non-hydrogen) atoms. The van der Waals surface area contributed by atoms with Crippen molar-refractivity contribution in [2.24, 2.45) is 0 Å². The second-order valence-electron chi connectivity index (χ2n) is 4.21. The molecule has 4 nitrogen and oxygen atoms in total. The van der Waals surface area contributed by atoms with Crippen LogP contribution >= 0.6 is 0 Å². The molecule has 0 amide bonds. The molecule has 3 N–H and O–H groups in total. The molecule has 1 heterocycles. The van der Waals surface area contributed by atoms with Crippen LogP contribution in [0.25, 0.3) is 0 Å². The maximum absolute atomic E-state index is 13.2. The van der Waals surface area contributed by atoms with Gasteiger partial charge in [0.25, 0.3) is 0 Å². The molecule has 92 valence electrons. The van der Waals surface area contributed by atoms with Crippen LogP contribution in [0.1, 0.15) is 17.2 Å². The average Bonchev–Trinajstić information content (AvgIpc) is 2.32. The first-order valence-corrected chi connectivity index (χ1v) is 5.55. The van der Waals surface area contributed by atoms with E-state index in [-0.39, 0.29) is 11.9 Å². The zero-order chi connectivity index (χ0) is 12.4. The second kappa shape index (κ2) is 4.81. The maximum Gasteiger partial charge on any atom is 0.322 e. The van der Waals surface area contributed by atoms with Gasteiger partial charge in [0.1, 0.15) is 11.9 Å². The number of halogens is 1. The van der Waals surface area contributed by atoms with Crippen molar-refractivity contribution in [1.82, 2.24) is 10.6 Å². The molecule has 0 aliphatic carbocycles. The van der Waals surface area contributed by atoms with Gasteiger partial charge in [-0.25, -0.2) is 4.39 Å². The lowest BCUT2D eigenvalue weighted by Crippen LogP contribution is -2.54. The summed E-state index contributed by atoms with van der Waals surface area (Å²) < 4.78 is 13.2. The Hall–Kier alpha value is -1.46. The highest BCUT2D eigenvalue weighted by Crippen LogP contribution is 2.21. The van der Waals surface area contributed by atoms with Crippen LogP contribution in [-0.2, 0) is 4.79 Å². The van der Waals surface area contributed by atoms with E-state index in [1.54, 1.807) is 19.1 Å². The maximum atomic E-state index is 13.2. The Morgan fingerprint density at radius 3 is 2.76 bits per heavy atom. The molecule has 2 unspecified atom stereocenters. The molecule has 1 aromatic carbocycles. The number of carboxylic acids is 1. The van der Waals surface area contributed by atoms with Gasteiger partial charge in [0.2, 0.25) is 0 Å². The van der Waals surface area contributed by atoms with Crippen LogP contribution in [0.15, 0.2) is 18.2 Å². The molecule has 1 saturated heterocycles. The van der Waals surface area contributed by atoms with Crippen molar-refractivity contribution in [3.63, 3.8) is 0 Å². The summed E-state index contributed by atoms with van der Waals surface area (Å²) >= 11 is 0. The number of benzene rings is 1. The molecule has 0 bridgehead atoms. The minimum Gasteiger partial charge on any atom is -0.480 e. The summed E-state index contributed by atoms with van der Waals surface area (Å²) in [5, 5.41) is 15.2. The monoisotopic (exact) mass is 238 g/mol. The van der Waals surface area contributed by atoms with Gasteiger partial charge >= 0.3 is 5.97 Å². The number of hydrogen-bond donors (Lipinski definition) is 3. The summed E-state index contributed by atoms with van der Waals surface area (Å²) in [7, 11) is 0. The lowest BCUT2D eigenvalue weighted by Gasteiger charge is -2.31. The van der Waals surface area contributed by atoms with Gasteiger partial charge in [-0.15, -0.1) is 0 Å². The van der Waals surface area contributed by atoms with Crippen molar-refractivity contribution in [2.45, 2.75) is 19.0 Å². The molecule has 0 saturated carbocycles. The number of piperazine rings is 1. The standard InChI is InChI=1S/C12H15FN2O2/c1-7-6-8(2-3-9(7)13)10-11(12(16)17)15-5-4-14-10/h2-3,6,10-11,14-15H,4-5H2,1H3,(H,16,17). The van der Waals surface area contributed by atoms with E-state index in [2.05, 4.69) is 10.6 Å². The average molecular weight is 238 g/mol. The topological polar surface area (TPSA) is 61.4 Å². The van der Waals surface area contributed by atoms with Crippen molar-refractivity contribution < 1.29 is 14.3 Å². The lowest BCUT2D eigenvalue weighted by molar-refractivity contribution is -0.140. The quantitative estimate of drug-likeness (QED) is 0.714. The molecule has 1 aliphatic heterocycles. The van der Waals surface area contributed by atoms with E-state index in [1.807, 2.05) is 0 Å². The first-order chi connectivity index (χ1) is 8.09. The summed E-state index contributed by atoms with van der Waals surface area (Å²) in [6, 6.07) is 3.70. The molecular weight excluding hydrogens is 223 g/mol. The fourth-order valence-corrected chi connectivity index (χ4v) is 2.09. The molecule has 2 atom stereocenters. The zero-order valence-electron chi connectivity index (χ0n) is 9.53. The van der Waals surface area contributed by atoms with Crippen LogP contribution < -0.4 is 10.6 Å². The van der Waals surface area contributed by atoms with E-state index in [0.717, 1.165) is 5.56 Å². The van der Waals surface area contributed by atoms with Gasteiger partial charge in [0.05, 0.1) is 6.04 Å². The van der Waals surface area contributed by atoms with Gasteiger partial charge in [-0.1, -0.05) is 12.1 Å². The summed E-state index contributed by atoms with van der Waals surface area (Å²) in [5.41, 5.74) is 1.32. The predicted octanol–water partition coefficient (Wildman–Crippen LogP) is 0.821. The number of aryl methyl sites for hydroxylation is 1. The SMILES string of the molecule is Cc1cc(C2NCCNC2C(=O)O)ccc1F. The molecular formula is C12H15FN2O2. The van der Waals surface area contributed by atoms with Gasteiger partial charge < -0.3 is 15.7 Å². The van der Waals surface area contributed by atoms with Crippen molar-refractivity contribution >= 4 is 5.97 Å². The van der Waals surface area contributed by atoms with Gasteiger partial charge in [0, 0.05) is 13.1 Å². The molecule has 1 fully saturated rings. The van der Waals surface area contributed by atoms with Crippen LogP contribution in [0.4, 0.5) is 4.39 Å². The van der Waals surface area contributed by atoms with Crippen LogP contribution in [0.2, 0.25) is 0 Å². The molecule has 2 rings (SSSR count). The number of carbonyl (C=O) groups is 1. The number of hydrogen-bond acceptors (Lipinski definition) is 3. The Labute approximate surface area is 98.8 Å². The highest BCUT2D eigenvalue weighted by molar-refractivity contribution is 5.75. The first-order valence-electron chi connectivity index (χ1n) is 5.55. The Kier molecular flexibility index (Phi) is 3.40. The van der Waals surface area contributed by atoms with Crippen molar-refractivity contribution in [3.05, 3.63) is 35.1 Å². The molecule has 1 aliphatic rings. The van der Waals surface area contributed by atoms with E-state index >= 15 is 0 Å². The van der Waals surface area contributed by atoms with E-state index in [0.29, 0.717) is 18.7 Å². The van der Waals surface area contributed by atoms with E-state index < -0.39 is 12.0 Å². The van der Waals surface area contributed by atoms with Gasteiger partial charge in [-0.05, 0) is 24.1 Å². The molecule has 0 spiro atoms. The normalized spacial score (nSPS) is 24.6. The number of rotatable bonds is 2. The minimum atomic E-state index is -0.899.